The van der Waals surface area contributed by atoms with Crippen LogP contribution in [0.4, 0.5) is 4.39 Å². The van der Waals surface area contributed by atoms with Crippen molar-refractivity contribution in [2.45, 2.75) is 50.8 Å². The van der Waals surface area contributed by atoms with Gasteiger partial charge in [0, 0.05) is 30.1 Å². The summed E-state index contributed by atoms with van der Waals surface area (Å²) in [7, 11) is -4.30. The molecule has 0 bridgehead atoms. The number of halogens is 1. The van der Waals surface area contributed by atoms with Crippen LogP contribution in [0.25, 0.3) is 0 Å². The van der Waals surface area contributed by atoms with Crippen LogP contribution in [0.3, 0.4) is 0 Å². The zero-order chi connectivity index (χ0) is 23.6. The maximum Gasteiger partial charge on any atom is 0.246 e. The first-order valence-corrected chi connectivity index (χ1v) is 12.3. The highest BCUT2D eigenvalue weighted by molar-refractivity contribution is 7.89. The first kappa shape index (κ1) is 23.4. The summed E-state index contributed by atoms with van der Waals surface area (Å²) in [6.45, 7) is 4.51. The zero-order valence-corrected chi connectivity index (χ0v) is 19.5. The molecule has 3 heterocycles. The highest BCUT2D eigenvalue weighted by atomic mass is 32.2. The number of rotatable bonds is 9. The maximum atomic E-state index is 14.4. The molecule has 1 aliphatic heterocycles. The Hall–Kier alpha value is -2.75. The van der Waals surface area contributed by atoms with E-state index in [-0.39, 0.29) is 18.4 Å². The number of Topliss-reactive ketones (excluding diaryl/α,β-unsaturated/α-hetero) is 1. The molecule has 7 nitrogen and oxygen atoms in total. The van der Waals surface area contributed by atoms with Crippen molar-refractivity contribution in [3.8, 4) is 0 Å². The smallest absolute Gasteiger partial charge is 0.246 e. The molecule has 0 N–H and O–H groups in total. The maximum absolute atomic E-state index is 14.4. The molecular formula is C24H27FN2O5S. The van der Waals surface area contributed by atoms with Gasteiger partial charge >= 0.3 is 0 Å². The summed E-state index contributed by atoms with van der Waals surface area (Å²) in [6.07, 6.45) is 3.52. The van der Waals surface area contributed by atoms with Gasteiger partial charge in [-0.2, -0.15) is 4.31 Å². The second-order valence-electron chi connectivity index (χ2n) is 8.24. The summed E-state index contributed by atoms with van der Waals surface area (Å²) in [4.78, 5) is 12.8. The van der Waals surface area contributed by atoms with Gasteiger partial charge in [-0.3, -0.25) is 4.79 Å². The standard InChI is InChI=1S/C24H27FN2O5S/c1-17-13-21(18(2)27(17)15-20-8-6-12-32-20)23(28)16-26(14-19-7-5-11-31-19)33(29,30)24-10-4-3-9-22(24)25/h3-5,7,9-11,13,20H,6,8,12,14-16H2,1-2H3/t20-/m1/s1. The van der Waals surface area contributed by atoms with E-state index in [4.69, 9.17) is 9.15 Å². The predicted molar refractivity (Wildman–Crippen MR) is 120 cm³/mol. The molecule has 0 spiro atoms. The van der Waals surface area contributed by atoms with Crippen LogP contribution in [0.5, 0.6) is 0 Å². The molecule has 1 saturated heterocycles. The van der Waals surface area contributed by atoms with Crippen LogP contribution < -0.4 is 0 Å². The van der Waals surface area contributed by atoms with E-state index in [1.54, 1.807) is 18.2 Å². The fraction of sp³-hybridized carbons (Fsp3) is 0.375. The fourth-order valence-corrected chi connectivity index (χ4v) is 5.62. The summed E-state index contributed by atoms with van der Waals surface area (Å²) in [5.41, 5.74) is 2.11. The molecule has 33 heavy (non-hydrogen) atoms. The molecule has 0 unspecified atom stereocenters. The molecule has 1 fully saturated rings. The first-order valence-electron chi connectivity index (χ1n) is 10.9. The number of aromatic nitrogens is 1. The van der Waals surface area contributed by atoms with Gasteiger partial charge in [0.15, 0.2) is 5.78 Å². The minimum Gasteiger partial charge on any atom is -0.468 e. The highest BCUT2D eigenvalue weighted by Gasteiger charge is 2.31. The lowest BCUT2D eigenvalue weighted by Gasteiger charge is -2.21. The Balaban J connectivity index is 1.63. The van der Waals surface area contributed by atoms with Crippen molar-refractivity contribution < 1.29 is 26.8 Å². The SMILES string of the molecule is Cc1cc(C(=O)CN(Cc2ccco2)S(=O)(=O)c2ccccc2F)c(C)n1C[C@H]1CCCO1. The van der Waals surface area contributed by atoms with Crippen molar-refractivity contribution in [2.75, 3.05) is 13.2 Å². The van der Waals surface area contributed by atoms with E-state index >= 15 is 0 Å². The molecular weight excluding hydrogens is 447 g/mol. The molecule has 2 aromatic heterocycles. The number of carbonyl (C=O) groups excluding carboxylic acids is 1. The van der Waals surface area contributed by atoms with Crippen LogP contribution in [-0.2, 0) is 27.8 Å². The monoisotopic (exact) mass is 474 g/mol. The predicted octanol–water partition coefficient (Wildman–Crippen LogP) is 4.09. The van der Waals surface area contributed by atoms with Gasteiger partial charge in [0.25, 0.3) is 0 Å². The third kappa shape index (κ3) is 4.95. The second-order valence-corrected chi connectivity index (χ2v) is 10.1. The van der Waals surface area contributed by atoms with Crippen LogP contribution >= 0.6 is 0 Å². The molecule has 0 amide bonds. The number of benzene rings is 1. The largest absolute Gasteiger partial charge is 0.468 e. The number of furan rings is 1. The van der Waals surface area contributed by atoms with Gasteiger partial charge in [-0.15, -0.1) is 0 Å². The number of nitrogens with zero attached hydrogens (tertiary/aromatic N) is 2. The van der Waals surface area contributed by atoms with Crippen molar-refractivity contribution in [2.24, 2.45) is 0 Å². The summed E-state index contributed by atoms with van der Waals surface area (Å²) in [5, 5.41) is 0. The van der Waals surface area contributed by atoms with Crippen LogP contribution in [0.2, 0.25) is 0 Å². The lowest BCUT2D eigenvalue weighted by Crippen LogP contribution is -2.35. The number of carbonyl (C=O) groups is 1. The molecule has 1 aliphatic rings. The molecule has 0 radical (unpaired) electrons. The Labute approximate surface area is 192 Å². The number of hydrogen-bond acceptors (Lipinski definition) is 5. The Kier molecular flexibility index (Phi) is 6.83. The Morgan fingerprint density at radius 1 is 1.21 bits per heavy atom. The van der Waals surface area contributed by atoms with Crippen molar-refractivity contribution in [1.82, 2.24) is 8.87 Å². The number of sulfonamides is 1. The van der Waals surface area contributed by atoms with Gasteiger partial charge in [-0.1, -0.05) is 12.1 Å². The fourth-order valence-electron chi connectivity index (χ4n) is 4.20. The Morgan fingerprint density at radius 3 is 2.67 bits per heavy atom. The van der Waals surface area contributed by atoms with Crippen LogP contribution in [-0.4, -0.2) is 42.3 Å². The lowest BCUT2D eigenvalue weighted by molar-refractivity contribution is 0.0944. The Morgan fingerprint density at radius 2 is 2.00 bits per heavy atom. The molecule has 0 aliphatic carbocycles. The summed E-state index contributed by atoms with van der Waals surface area (Å²) in [5.74, 6) is -0.885. The minimum atomic E-state index is -4.30. The third-order valence-electron chi connectivity index (χ3n) is 5.97. The van der Waals surface area contributed by atoms with Gasteiger partial charge in [0.1, 0.15) is 16.5 Å². The number of ether oxygens (including phenoxy) is 1. The first-order chi connectivity index (χ1) is 15.8. The van der Waals surface area contributed by atoms with E-state index in [9.17, 15) is 17.6 Å². The van der Waals surface area contributed by atoms with E-state index in [2.05, 4.69) is 0 Å². The molecule has 4 rings (SSSR count). The molecule has 1 atom stereocenters. The van der Waals surface area contributed by atoms with E-state index < -0.39 is 27.3 Å². The Bertz CT molecular complexity index is 1230. The minimum absolute atomic E-state index is 0.106. The van der Waals surface area contributed by atoms with Gasteiger partial charge < -0.3 is 13.7 Å². The summed E-state index contributed by atoms with van der Waals surface area (Å²) in [6, 6.07) is 10.1. The molecule has 1 aromatic carbocycles. The van der Waals surface area contributed by atoms with Crippen LogP contribution in [0.15, 0.2) is 58.0 Å². The number of hydrogen-bond donors (Lipinski definition) is 0. The van der Waals surface area contributed by atoms with Gasteiger partial charge in [0.2, 0.25) is 10.0 Å². The topological polar surface area (TPSA) is 81.8 Å². The summed E-state index contributed by atoms with van der Waals surface area (Å²) < 4.78 is 55.0. The molecule has 9 heteroatoms. The van der Waals surface area contributed by atoms with E-state index in [1.165, 1.54) is 24.5 Å². The van der Waals surface area contributed by atoms with Crippen molar-refractivity contribution >= 4 is 15.8 Å². The van der Waals surface area contributed by atoms with Crippen molar-refractivity contribution in [1.29, 1.82) is 0 Å². The quantitative estimate of drug-likeness (QED) is 0.437. The average Bonchev–Trinajstić information content (AvgIpc) is 3.53. The molecule has 3 aromatic rings. The van der Waals surface area contributed by atoms with Gasteiger partial charge in [-0.25, -0.2) is 12.8 Å². The van der Waals surface area contributed by atoms with Crippen LogP contribution in [0, 0.1) is 19.7 Å². The normalized spacial score (nSPS) is 16.5. The van der Waals surface area contributed by atoms with E-state index in [0.717, 1.165) is 41.2 Å². The van der Waals surface area contributed by atoms with Crippen LogP contribution in [0.1, 0.15) is 40.3 Å². The highest BCUT2D eigenvalue weighted by Crippen LogP contribution is 2.24. The number of ketones is 1. The zero-order valence-electron chi connectivity index (χ0n) is 18.7. The molecule has 0 saturated carbocycles. The summed E-state index contributed by atoms with van der Waals surface area (Å²) >= 11 is 0. The second kappa shape index (κ2) is 9.62. The van der Waals surface area contributed by atoms with E-state index in [0.29, 0.717) is 17.9 Å². The van der Waals surface area contributed by atoms with Crippen molar-refractivity contribution in [3.05, 3.63) is 77.3 Å². The lowest BCUT2D eigenvalue weighted by atomic mass is 10.1. The number of aryl methyl sites for hydroxylation is 1. The van der Waals surface area contributed by atoms with Gasteiger partial charge in [0.05, 0.1) is 25.5 Å². The molecule has 176 valence electrons. The third-order valence-corrected chi connectivity index (χ3v) is 7.80. The average molecular weight is 475 g/mol. The van der Waals surface area contributed by atoms with E-state index in [1.807, 2.05) is 18.4 Å². The van der Waals surface area contributed by atoms with Gasteiger partial charge in [-0.05, 0) is 57.0 Å². The van der Waals surface area contributed by atoms with Crippen molar-refractivity contribution in [3.63, 3.8) is 0 Å².